The van der Waals surface area contributed by atoms with Crippen molar-refractivity contribution in [2.75, 3.05) is 19.6 Å². The molecule has 10 amide bonds. The smallest absolute Gasteiger partial charge is 0.243 e. The van der Waals surface area contributed by atoms with E-state index in [4.69, 9.17) is 17.2 Å². The number of aromatic amines is 2. The van der Waals surface area contributed by atoms with Crippen molar-refractivity contribution in [3.63, 3.8) is 0 Å². The number of hydrogen-bond acceptors (Lipinski definition) is 12. The second-order valence-corrected chi connectivity index (χ2v) is 19.3. The Morgan fingerprint density at radius 1 is 0.688 bits per heavy atom. The van der Waals surface area contributed by atoms with Gasteiger partial charge < -0.3 is 75.0 Å². The van der Waals surface area contributed by atoms with E-state index < -0.39 is 139 Å². The number of fused-ring (bicyclic) bond motifs is 1. The molecule has 17 N–H and O–H groups in total. The van der Waals surface area contributed by atoms with E-state index in [2.05, 4.69) is 67.8 Å². The van der Waals surface area contributed by atoms with Crippen molar-refractivity contribution in [2.24, 2.45) is 34.0 Å². The molecule has 26 heteroatoms. The number of hydrogen-bond donors (Lipinski definition) is 14. The van der Waals surface area contributed by atoms with Crippen LogP contribution in [0.4, 0.5) is 0 Å². The average molecular weight is 1070 g/mol. The van der Waals surface area contributed by atoms with E-state index in [1.165, 1.54) is 12.5 Å². The van der Waals surface area contributed by atoms with Gasteiger partial charge in [0, 0.05) is 61.2 Å². The molecular weight excluding hydrogens is 997 g/mol. The summed E-state index contributed by atoms with van der Waals surface area (Å²) in [5.74, 6) is -9.45. The number of rotatable bonds is 19. The van der Waals surface area contributed by atoms with E-state index in [1.54, 1.807) is 82.4 Å². The molecule has 0 unspecified atom stereocenters. The lowest BCUT2D eigenvalue weighted by atomic mass is 9.98. The third kappa shape index (κ3) is 18.5. The summed E-state index contributed by atoms with van der Waals surface area (Å²) >= 11 is 0. The lowest BCUT2D eigenvalue weighted by Gasteiger charge is -2.29. The Bertz CT molecular complexity index is 2740. The van der Waals surface area contributed by atoms with Gasteiger partial charge in [0.15, 0.2) is 5.96 Å². The van der Waals surface area contributed by atoms with E-state index in [0.29, 0.717) is 27.7 Å². The molecule has 0 bridgehead atoms. The molecule has 414 valence electrons. The molecule has 26 nitrogen and oxygen atoms in total. The van der Waals surface area contributed by atoms with Gasteiger partial charge in [-0.1, -0.05) is 76.2 Å². The molecule has 5 rings (SSSR count). The summed E-state index contributed by atoms with van der Waals surface area (Å²) in [5.41, 5.74) is 18.8. The van der Waals surface area contributed by atoms with Crippen molar-refractivity contribution in [1.29, 1.82) is 0 Å². The summed E-state index contributed by atoms with van der Waals surface area (Å²) in [5, 5.41) is 24.4. The molecule has 7 atom stereocenters. The highest BCUT2D eigenvalue weighted by Crippen LogP contribution is 2.20. The third-order valence-electron chi connectivity index (χ3n) is 12.5. The molecule has 1 aliphatic heterocycles. The number of nitrogens with zero attached hydrogens (tertiary/aromatic N) is 2. The molecule has 1 aliphatic rings. The maximum absolute atomic E-state index is 14.8. The van der Waals surface area contributed by atoms with Gasteiger partial charge in [-0.2, -0.15) is 0 Å². The zero-order chi connectivity index (χ0) is 56.2. The molecule has 4 aromatic rings. The quantitative estimate of drug-likeness (QED) is 0.0257. The number of primary amides is 1. The molecular formula is C51H70N16O10. The number of carbonyl (C=O) groups is 10. The first kappa shape index (κ1) is 59.0. The molecule has 0 aliphatic carbocycles. The first-order valence-corrected chi connectivity index (χ1v) is 25.2. The van der Waals surface area contributed by atoms with Gasteiger partial charge >= 0.3 is 0 Å². The standard InChI is InChI=1S/C51H70N16O10/c1-27(2)42(49(76)59-24-39(52)68)67-50(77)43(28(3)4)66-45(72)35-16-17-40(69)58-25-41(70)61-38(21-31-23-55-26-60-31)48(75)64-36(19-29-11-6-5-7-12-29)46(73)62-34(15-10-18-56-51(53)54)44(71)65-37(47(74)63-35)20-30-22-57-33-14-9-8-13-32(30)33/h5-9,11-14,22-23,26-28,34-38,42-43,57H,10,15-21,24-25H2,1-4H3,(H2,52,68)(H,55,60)(H,58,69)(H,59,76)(H,61,70)(H,62,73)(H,63,74)(H,64,75)(H,65,71)(H,66,72)(H,67,77)(H4,53,54,56)/t34-,35-,36-,37-,38-,42-,43-/m0/s1. The Balaban J connectivity index is 1.55. The van der Waals surface area contributed by atoms with Crippen LogP contribution in [0.15, 0.2) is 78.3 Å². The van der Waals surface area contributed by atoms with Crippen LogP contribution in [0.1, 0.15) is 70.2 Å². The maximum atomic E-state index is 14.8. The minimum atomic E-state index is -1.58. The first-order valence-electron chi connectivity index (χ1n) is 25.2. The number of aromatic nitrogens is 3. The molecule has 3 heterocycles. The van der Waals surface area contributed by atoms with Crippen molar-refractivity contribution in [3.8, 4) is 0 Å². The zero-order valence-electron chi connectivity index (χ0n) is 43.4. The van der Waals surface area contributed by atoms with Crippen molar-refractivity contribution < 1.29 is 47.9 Å². The molecule has 0 spiro atoms. The van der Waals surface area contributed by atoms with Crippen LogP contribution < -0.4 is 65.1 Å². The highest BCUT2D eigenvalue weighted by molar-refractivity contribution is 5.99. The number of aliphatic imine (C=N–C) groups is 1. The fourth-order valence-electron chi connectivity index (χ4n) is 8.38. The number of nitrogens with two attached hydrogens (primary N) is 3. The van der Waals surface area contributed by atoms with E-state index in [1.807, 2.05) is 6.07 Å². The number of guanidine groups is 1. The average Bonchev–Trinajstić information content (AvgIpc) is 4.06. The fraction of sp³-hybridized carbons (Fsp3) is 0.451. The minimum absolute atomic E-state index is 0.0424. The summed E-state index contributed by atoms with van der Waals surface area (Å²) in [6.45, 7) is 5.47. The Kier molecular flexibility index (Phi) is 22.0. The number of H-pyrrole nitrogens is 2. The number of carbonyl (C=O) groups excluding carboxylic acids is 10. The number of nitrogens with one attached hydrogen (secondary N) is 11. The summed E-state index contributed by atoms with van der Waals surface area (Å²) in [6, 6.07) is 6.31. The van der Waals surface area contributed by atoms with Crippen LogP contribution in [0, 0.1) is 11.8 Å². The third-order valence-corrected chi connectivity index (χ3v) is 12.5. The van der Waals surface area contributed by atoms with Crippen LogP contribution in [-0.4, -0.2) is 142 Å². The molecule has 2 aromatic heterocycles. The predicted molar refractivity (Wildman–Crippen MR) is 282 cm³/mol. The Hall–Kier alpha value is -8.84. The van der Waals surface area contributed by atoms with Gasteiger partial charge in [0.05, 0.1) is 19.4 Å². The van der Waals surface area contributed by atoms with Gasteiger partial charge in [-0.05, 0) is 48.3 Å². The van der Waals surface area contributed by atoms with Crippen LogP contribution >= 0.6 is 0 Å². The number of para-hydroxylation sites is 1. The van der Waals surface area contributed by atoms with Gasteiger partial charge in [-0.25, -0.2) is 4.98 Å². The van der Waals surface area contributed by atoms with Crippen LogP contribution in [-0.2, 0) is 67.2 Å². The normalized spacial score (nSPS) is 20.0. The van der Waals surface area contributed by atoms with E-state index in [0.717, 1.165) is 0 Å². The van der Waals surface area contributed by atoms with E-state index in [-0.39, 0.29) is 44.6 Å². The highest BCUT2D eigenvalue weighted by Gasteiger charge is 2.36. The summed E-state index contributed by atoms with van der Waals surface area (Å²) < 4.78 is 0. The van der Waals surface area contributed by atoms with Crippen LogP contribution in [0.5, 0.6) is 0 Å². The number of imidazole rings is 1. The lowest BCUT2D eigenvalue weighted by Crippen LogP contribution is -2.61. The molecule has 1 saturated heterocycles. The Morgan fingerprint density at radius 2 is 1.30 bits per heavy atom. The van der Waals surface area contributed by atoms with Crippen molar-refractivity contribution >= 4 is 75.9 Å². The topological polar surface area (TPSA) is 414 Å². The zero-order valence-corrected chi connectivity index (χ0v) is 43.4. The number of benzene rings is 2. The van der Waals surface area contributed by atoms with Crippen molar-refractivity contribution in [3.05, 3.63) is 90.1 Å². The fourth-order valence-corrected chi connectivity index (χ4v) is 8.38. The second-order valence-electron chi connectivity index (χ2n) is 19.3. The van der Waals surface area contributed by atoms with Crippen molar-refractivity contribution in [2.45, 2.75) is 115 Å². The monoisotopic (exact) mass is 1070 g/mol. The van der Waals surface area contributed by atoms with Gasteiger partial charge in [-0.15, -0.1) is 0 Å². The summed E-state index contributed by atoms with van der Waals surface area (Å²) in [6.07, 6.45) is 3.30. The Labute approximate surface area is 444 Å². The molecule has 77 heavy (non-hydrogen) atoms. The van der Waals surface area contributed by atoms with Gasteiger partial charge in [0.2, 0.25) is 59.1 Å². The maximum Gasteiger partial charge on any atom is 0.243 e. The second kappa shape index (κ2) is 28.7. The Morgan fingerprint density at radius 3 is 1.95 bits per heavy atom. The SMILES string of the molecule is CC(C)[C@H](NC(=O)[C@@H]1CCC(=O)NCC(=O)N[C@@H](Cc2cnc[nH]2)C(=O)N[C@@H](Cc2ccccc2)C(=O)N[C@@H](CCCN=C(N)N)C(=O)N[C@@H](Cc2c[nH]c3ccccc23)C(=O)N1)C(=O)N[C@H](C(=O)NCC(N)=O)C(C)C. The molecule has 0 radical (unpaired) electrons. The largest absolute Gasteiger partial charge is 0.370 e. The number of amides is 10. The first-order chi connectivity index (χ1) is 36.7. The van der Waals surface area contributed by atoms with Gasteiger partial charge in [-0.3, -0.25) is 52.9 Å². The summed E-state index contributed by atoms with van der Waals surface area (Å²) in [7, 11) is 0. The van der Waals surface area contributed by atoms with E-state index >= 15 is 0 Å². The molecule has 1 fully saturated rings. The van der Waals surface area contributed by atoms with Crippen LogP contribution in [0.3, 0.4) is 0 Å². The molecule has 2 aromatic carbocycles. The van der Waals surface area contributed by atoms with Gasteiger partial charge in [0.1, 0.15) is 42.3 Å². The van der Waals surface area contributed by atoms with Crippen LogP contribution in [0.2, 0.25) is 0 Å². The summed E-state index contributed by atoms with van der Waals surface area (Å²) in [4.78, 5) is 152. The highest BCUT2D eigenvalue weighted by atomic mass is 16.2. The lowest BCUT2D eigenvalue weighted by molar-refractivity contribution is -0.136. The van der Waals surface area contributed by atoms with Gasteiger partial charge in [0.25, 0.3) is 0 Å². The minimum Gasteiger partial charge on any atom is -0.370 e. The predicted octanol–water partition coefficient (Wildman–Crippen LogP) is -2.81. The van der Waals surface area contributed by atoms with Crippen molar-refractivity contribution in [1.82, 2.24) is 62.8 Å². The van der Waals surface area contributed by atoms with Crippen LogP contribution in [0.25, 0.3) is 10.9 Å². The molecule has 0 saturated carbocycles. The van der Waals surface area contributed by atoms with E-state index in [9.17, 15) is 47.9 Å².